The molecule has 0 N–H and O–H groups in total. The van der Waals surface area contributed by atoms with Crippen molar-refractivity contribution in [2.45, 2.75) is 17.2 Å². The summed E-state index contributed by atoms with van der Waals surface area (Å²) >= 11 is 0.912. The van der Waals surface area contributed by atoms with E-state index in [1.807, 2.05) is 0 Å². The highest BCUT2D eigenvalue weighted by Crippen LogP contribution is 2.27. The molecule has 0 amide bonds. The van der Waals surface area contributed by atoms with Crippen LogP contribution < -0.4 is 0 Å². The van der Waals surface area contributed by atoms with Gasteiger partial charge in [0.25, 0.3) is 10.9 Å². The summed E-state index contributed by atoms with van der Waals surface area (Å²) in [6, 6.07) is 2.53. The van der Waals surface area contributed by atoms with E-state index in [0.29, 0.717) is 5.03 Å². The number of carbonyl (C=O) groups excluding carboxylic acids is 1. The largest absolute Gasteiger partial charge is 0.459 e. The van der Waals surface area contributed by atoms with Gasteiger partial charge in [-0.1, -0.05) is 5.10 Å². The molecule has 2 aromatic rings. The highest BCUT2D eigenvalue weighted by atomic mass is 32.2. The van der Waals surface area contributed by atoms with Gasteiger partial charge in [0.1, 0.15) is 5.03 Å². The van der Waals surface area contributed by atoms with Crippen molar-refractivity contribution in [3.63, 3.8) is 0 Å². The van der Waals surface area contributed by atoms with Crippen molar-refractivity contribution < 1.29 is 18.9 Å². The van der Waals surface area contributed by atoms with Gasteiger partial charge in [-0.05, 0) is 18.7 Å². The molecule has 2 heterocycles. The zero-order valence-corrected chi connectivity index (χ0v) is 11.0. The lowest BCUT2D eigenvalue weighted by molar-refractivity contribution is -0.385. The van der Waals surface area contributed by atoms with Crippen LogP contribution in [0.2, 0.25) is 0 Å². The molecule has 0 aliphatic carbocycles. The number of ether oxygens (including phenoxy) is 1. The van der Waals surface area contributed by atoms with E-state index in [1.54, 1.807) is 6.92 Å². The fourth-order valence-corrected chi connectivity index (χ4v) is 1.86. The third-order valence-corrected chi connectivity index (χ3v) is 2.75. The number of hydrogen-bond acceptors (Lipinski definition) is 9. The second kappa shape index (κ2) is 6.10. The van der Waals surface area contributed by atoms with Gasteiger partial charge in [-0.15, -0.1) is 5.10 Å². The second-order valence-electron chi connectivity index (χ2n) is 3.31. The summed E-state index contributed by atoms with van der Waals surface area (Å²) in [5, 5.41) is 18.1. The van der Waals surface area contributed by atoms with E-state index in [0.717, 1.165) is 11.8 Å². The van der Waals surface area contributed by atoms with E-state index in [9.17, 15) is 14.9 Å². The van der Waals surface area contributed by atoms with Crippen LogP contribution in [-0.4, -0.2) is 32.7 Å². The van der Waals surface area contributed by atoms with Gasteiger partial charge in [0.15, 0.2) is 0 Å². The number of nitrogens with zero attached hydrogens (tertiary/aromatic N) is 4. The first-order chi connectivity index (χ1) is 9.60. The number of aromatic nitrogens is 3. The SMILES string of the molecule is CCOC(=O)c1nnc(Sc2cc([N+](=O)[O-])ccn2)o1. The summed E-state index contributed by atoms with van der Waals surface area (Å²) in [5.41, 5.74) is -0.104. The molecule has 0 aromatic carbocycles. The predicted molar refractivity (Wildman–Crippen MR) is 65.3 cm³/mol. The predicted octanol–water partition coefficient (Wildman–Crippen LogP) is 1.70. The number of esters is 1. The Morgan fingerprint density at radius 3 is 3.05 bits per heavy atom. The third kappa shape index (κ3) is 3.29. The molecule has 0 atom stereocenters. The molecule has 20 heavy (non-hydrogen) atoms. The monoisotopic (exact) mass is 296 g/mol. The molecule has 0 fully saturated rings. The number of pyridine rings is 1. The van der Waals surface area contributed by atoms with Crippen LogP contribution in [0.5, 0.6) is 0 Å². The lowest BCUT2D eigenvalue weighted by Crippen LogP contribution is -2.04. The van der Waals surface area contributed by atoms with E-state index < -0.39 is 10.9 Å². The molecular formula is C10H8N4O5S. The molecular weight excluding hydrogens is 288 g/mol. The van der Waals surface area contributed by atoms with Gasteiger partial charge in [0.05, 0.1) is 11.5 Å². The molecule has 0 bridgehead atoms. The smallest absolute Gasteiger partial charge is 0.396 e. The van der Waals surface area contributed by atoms with Crippen molar-refractivity contribution in [2.24, 2.45) is 0 Å². The van der Waals surface area contributed by atoms with Crippen molar-refractivity contribution in [2.75, 3.05) is 6.61 Å². The summed E-state index contributed by atoms with van der Waals surface area (Å²) in [6.45, 7) is 1.84. The Hall–Kier alpha value is -2.49. The Kier molecular flexibility index (Phi) is 4.25. The van der Waals surface area contributed by atoms with Gasteiger partial charge in [-0.25, -0.2) is 9.78 Å². The molecule has 0 saturated carbocycles. The van der Waals surface area contributed by atoms with Gasteiger partial charge in [-0.3, -0.25) is 10.1 Å². The summed E-state index contributed by atoms with van der Waals surface area (Å²) in [7, 11) is 0. The lowest BCUT2D eigenvalue weighted by atomic mass is 10.4. The Balaban J connectivity index is 2.12. The highest BCUT2D eigenvalue weighted by molar-refractivity contribution is 7.99. The highest BCUT2D eigenvalue weighted by Gasteiger charge is 2.17. The standard InChI is InChI=1S/C10H8N4O5S/c1-2-18-9(15)8-12-13-10(19-8)20-7-5-6(14(16)17)3-4-11-7/h3-5H,2H2,1H3. The molecule has 10 heteroatoms. The van der Waals surface area contributed by atoms with E-state index in [-0.39, 0.29) is 23.4 Å². The van der Waals surface area contributed by atoms with E-state index in [2.05, 4.69) is 15.2 Å². The lowest BCUT2D eigenvalue weighted by Gasteiger charge is -1.96. The topological polar surface area (TPSA) is 121 Å². The quantitative estimate of drug-likeness (QED) is 0.460. The minimum Gasteiger partial charge on any atom is -0.459 e. The number of rotatable bonds is 5. The number of nitro groups is 1. The maximum Gasteiger partial charge on any atom is 0.396 e. The molecule has 2 rings (SSSR count). The van der Waals surface area contributed by atoms with E-state index in [4.69, 9.17) is 9.15 Å². The normalized spacial score (nSPS) is 10.2. The molecule has 0 unspecified atom stereocenters. The summed E-state index contributed by atoms with van der Waals surface area (Å²) in [5.74, 6) is -1.00. The second-order valence-corrected chi connectivity index (χ2v) is 4.28. The first kappa shape index (κ1) is 13.9. The van der Waals surface area contributed by atoms with Crippen LogP contribution in [0.15, 0.2) is 33.0 Å². The van der Waals surface area contributed by atoms with Crippen molar-refractivity contribution >= 4 is 23.4 Å². The van der Waals surface area contributed by atoms with E-state index in [1.165, 1.54) is 18.3 Å². The van der Waals surface area contributed by atoms with E-state index >= 15 is 0 Å². The average molecular weight is 296 g/mol. The maximum absolute atomic E-state index is 11.3. The van der Waals surface area contributed by atoms with Crippen LogP contribution in [0.1, 0.15) is 17.6 Å². The van der Waals surface area contributed by atoms with Crippen LogP contribution in [0.3, 0.4) is 0 Å². The molecule has 0 aliphatic rings. The summed E-state index contributed by atoms with van der Waals surface area (Å²) in [4.78, 5) is 25.3. The zero-order valence-electron chi connectivity index (χ0n) is 10.2. The van der Waals surface area contributed by atoms with Crippen molar-refractivity contribution in [1.29, 1.82) is 0 Å². The van der Waals surface area contributed by atoms with Crippen LogP contribution in [-0.2, 0) is 4.74 Å². The Morgan fingerprint density at radius 1 is 1.55 bits per heavy atom. The average Bonchev–Trinajstić information content (AvgIpc) is 2.88. The van der Waals surface area contributed by atoms with Gasteiger partial charge < -0.3 is 9.15 Å². The number of carbonyl (C=O) groups is 1. The van der Waals surface area contributed by atoms with Crippen molar-refractivity contribution in [3.8, 4) is 0 Å². The fraction of sp³-hybridized carbons (Fsp3) is 0.200. The fourth-order valence-electron chi connectivity index (χ4n) is 1.18. The number of hydrogen-bond donors (Lipinski definition) is 0. The first-order valence-electron chi connectivity index (χ1n) is 5.39. The first-order valence-corrected chi connectivity index (χ1v) is 6.20. The van der Waals surface area contributed by atoms with Crippen molar-refractivity contribution in [3.05, 3.63) is 34.3 Å². The Morgan fingerprint density at radius 2 is 2.35 bits per heavy atom. The van der Waals surface area contributed by atoms with Gasteiger partial charge in [-0.2, -0.15) is 0 Å². The molecule has 2 aromatic heterocycles. The van der Waals surface area contributed by atoms with Crippen LogP contribution in [0.4, 0.5) is 5.69 Å². The summed E-state index contributed by atoms with van der Waals surface area (Å²) in [6.07, 6.45) is 1.29. The van der Waals surface area contributed by atoms with Crippen LogP contribution >= 0.6 is 11.8 Å². The van der Waals surface area contributed by atoms with Gasteiger partial charge in [0.2, 0.25) is 0 Å². The molecule has 0 aliphatic heterocycles. The Labute approximate surface area is 116 Å². The molecule has 0 spiro atoms. The van der Waals surface area contributed by atoms with Crippen LogP contribution in [0, 0.1) is 10.1 Å². The maximum atomic E-state index is 11.3. The van der Waals surface area contributed by atoms with Gasteiger partial charge >= 0.3 is 11.9 Å². The van der Waals surface area contributed by atoms with Crippen molar-refractivity contribution in [1.82, 2.24) is 15.2 Å². The minimum absolute atomic E-state index is 0.0426. The Bertz CT molecular complexity index is 644. The third-order valence-electron chi connectivity index (χ3n) is 1.98. The molecule has 104 valence electrons. The zero-order chi connectivity index (χ0) is 14.5. The molecule has 0 radical (unpaired) electrons. The summed E-state index contributed by atoms with van der Waals surface area (Å²) < 4.78 is 9.75. The molecule has 9 nitrogen and oxygen atoms in total. The minimum atomic E-state index is -0.723. The van der Waals surface area contributed by atoms with Crippen LogP contribution in [0.25, 0.3) is 0 Å². The van der Waals surface area contributed by atoms with Gasteiger partial charge in [0, 0.05) is 18.3 Å². The molecule has 0 saturated heterocycles.